The Bertz CT molecular complexity index is 583. The van der Waals surface area contributed by atoms with E-state index in [1.54, 1.807) is 22.0 Å². The van der Waals surface area contributed by atoms with Crippen LogP contribution < -0.4 is 0 Å². The van der Waals surface area contributed by atoms with E-state index < -0.39 is 0 Å². The van der Waals surface area contributed by atoms with Crippen LogP contribution in [0, 0.1) is 0 Å². The number of ether oxygens (including phenoxy) is 1. The van der Waals surface area contributed by atoms with Gasteiger partial charge in [0.15, 0.2) is 0 Å². The summed E-state index contributed by atoms with van der Waals surface area (Å²) in [6.45, 7) is 10.7. The maximum absolute atomic E-state index is 12.1. The van der Waals surface area contributed by atoms with Crippen LogP contribution in [0.15, 0.2) is 48.0 Å². The normalized spacial score (nSPS) is 18.6. The molecular weight excluding hydrogens is 268 g/mol. The fraction of sp³-hybridized carbons (Fsp3) is 0.400. The van der Waals surface area contributed by atoms with Crippen LogP contribution in [-0.4, -0.2) is 38.6 Å². The molecule has 6 nitrogen and oxygen atoms in total. The molecule has 0 saturated carbocycles. The van der Waals surface area contributed by atoms with Gasteiger partial charge < -0.3 is 4.74 Å². The summed E-state index contributed by atoms with van der Waals surface area (Å²) in [5.74, 6) is 0. The second-order valence-electron chi connectivity index (χ2n) is 5.38. The van der Waals surface area contributed by atoms with Crippen molar-refractivity contribution < 1.29 is 9.53 Å². The van der Waals surface area contributed by atoms with E-state index in [1.807, 2.05) is 32.9 Å². The number of carbonyl (C=O) groups is 1. The second kappa shape index (κ2) is 6.39. The third-order valence-corrected chi connectivity index (χ3v) is 2.88. The van der Waals surface area contributed by atoms with Gasteiger partial charge in [-0.05, 0) is 32.9 Å². The lowest BCUT2D eigenvalue weighted by atomic mass is 10.2. The van der Waals surface area contributed by atoms with Gasteiger partial charge in [-0.15, -0.1) is 5.10 Å². The first-order valence-electron chi connectivity index (χ1n) is 6.80. The smallest absolute Gasteiger partial charge is 0.414 e. The first kappa shape index (κ1) is 15.0. The summed E-state index contributed by atoms with van der Waals surface area (Å²) < 4.78 is 7.05. The number of aromatic nitrogens is 3. The van der Waals surface area contributed by atoms with Crippen molar-refractivity contribution in [1.29, 1.82) is 0 Å². The van der Waals surface area contributed by atoms with Gasteiger partial charge >= 0.3 is 6.09 Å². The molecule has 1 aliphatic heterocycles. The van der Waals surface area contributed by atoms with E-state index in [0.29, 0.717) is 13.1 Å². The molecular formula is C15H20N4O2. The van der Waals surface area contributed by atoms with Crippen LogP contribution in [0.4, 0.5) is 4.79 Å². The molecule has 1 aromatic rings. The highest BCUT2D eigenvalue weighted by Gasteiger charge is 2.33. The first-order valence-corrected chi connectivity index (χ1v) is 6.80. The van der Waals surface area contributed by atoms with Crippen molar-refractivity contribution in [2.24, 2.45) is 0 Å². The van der Waals surface area contributed by atoms with E-state index in [-0.39, 0.29) is 12.2 Å². The minimum atomic E-state index is -0.342. The van der Waals surface area contributed by atoms with Crippen LogP contribution in [0.1, 0.15) is 20.8 Å². The minimum Gasteiger partial charge on any atom is -0.442 e. The van der Waals surface area contributed by atoms with Gasteiger partial charge in [0.1, 0.15) is 6.10 Å². The molecule has 1 fully saturated rings. The Labute approximate surface area is 124 Å². The molecule has 1 aliphatic rings. The van der Waals surface area contributed by atoms with Crippen molar-refractivity contribution in [1.82, 2.24) is 19.9 Å². The van der Waals surface area contributed by atoms with Gasteiger partial charge in [0.05, 0.1) is 19.3 Å². The summed E-state index contributed by atoms with van der Waals surface area (Å²) in [6, 6.07) is 0. The van der Waals surface area contributed by atoms with Gasteiger partial charge in [-0.3, -0.25) is 4.90 Å². The van der Waals surface area contributed by atoms with Gasteiger partial charge in [-0.1, -0.05) is 22.9 Å². The van der Waals surface area contributed by atoms with Crippen molar-refractivity contribution in [3.63, 3.8) is 0 Å². The standard InChI is InChI=1S/C15H20N4O2/c1-11(2)7-13(8-12(3)4)19-10-14(21-15(19)20)9-18-6-5-16-17-18/h5-8,14H,1,9-10H2,2-4H3. The Hall–Kier alpha value is -2.37. The van der Waals surface area contributed by atoms with Gasteiger partial charge in [0.2, 0.25) is 0 Å². The quantitative estimate of drug-likeness (QED) is 0.781. The molecule has 0 aliphatic carbocycles. The molecule has 0 spiro atoms. The van der Waals surface area contributed by atoms with Crippen LogP contribution >= 0.6 is 0 Å². The van der Waals surface area contributed by atoms with Crippen molar-refractivity contribution in [3.8, 4) is 0 Å². The van der Waals surface area contributed by atoms with Crippen LogP contribution in [-0.2, 0) is 11.3 Å². The molecule has 6 heteroatoms. The molecule has 1 aromatic heterocycles. The van der Waals surface area contributed by atoms with E-state index in [4.69, 9.17) is 4.74 Å². The molecule has 0 bridgehead atoms. The van der Waals surface area contributed by atoms with E-state index in [9.17, 15) is 4.79 Å². The average molecular weight is 288 g/mol. The fourth-order valence-corrected chi connectivity index (χ4v) is 2.11. The fourth-order valence-electron chi connectivity index (χ4n) is 2.11. The van der Waals surface area contributed by atoms with Crippen molar-refractivity contribution >= 4 is 6.09 Å². The highest BCUT2D eigenvalue weighted by atomic mass is 16.6. The summed E-state index contributed by atoms with van der Waals surface area (Å²) in [5, 5.41) is 7.63. The number of hydrogen-bond donors (Lipinski definition) is 0. The van der Waals surface area contributed by atoms with E-state index in [2.05, 4.69) is 16.9 Å². The molecule has 1 atom stereocenters. The van der Waals surface area contributed by atoms with Crippen LogP contribution in [0.2, 0.25) is 0 Å². The summed E-state index contributed by atoms with van der Waals surface area (Å²) in [4.78, 5) is 13.7. The van der Waals surface area contributed by atoms with Crippen molar-refractivity contribution in [2.45, 2.75) is 33.4 Å². The molecule has 112 valence electrons. The maximum Gasteiger partial charge on any atom is 0.414 e. The highest BCUT2D eigenvalue weighted by molar-refractivity contribution is 5.73. The van der Waals surface area contributed by atoms with Gasteiger partial charge in [0.25, 0.3) is 0 Å². The topological polar surface area (TPSA) is 60.3 Å². The monoisotopic (exact) mass is 288 g/mol. The number of nitrogens with zero attached hydrogens (tertiary/aromatic N) is 4. The molecule has 2 heterocycles. The number of amides is 1. The summed E-state index contributed by atoms with van der Waals surface area (Å²) >= 11 is 0. The lowest BCUT2D eigenvalue weighted by molar-refractivity contribution is 0.124. The Morgan fingerprint density at radius 3 is 2.81 bits per heavy atom. The van der Waals surface area contributed by atoms with Gasteiger partial charge in [0, 0.05) is 11.9 Å². The Kier molecular flexibility index (Phi) is 4.57. The zero-order valence-electron chi connectivity index (χ0n) is 12.6. The predicted molar refractivity (Wildman–Crippen MR) is 79.3 cm³/mol. The van der Waals surface area contributed by atoms with Crippen molar-refractivity contribution in [3.05, 3.63) is 48.0 Å². The number of allylic oxidation sites excluding steroid dienone is 4. The molecule has 1 unspecified atom stereocenters. The van der Waals surface area contributed by atoms with Crippen molar-refractivity contribution in [2.75, 3.05) is 6.54 Å². The number of carbonyl (C=O) groups excluding carboxylic acids is 1. The number of hydrogen-bond acceptors (Lipinski definition) is 4. The lowest BCUT2D eigenvalue weighted by Gasteiger charge is -2.15. The SMILES string of the molecule is C=C(C)C=C(C=C(C)C)N1CC(Cn2ccnn2)OC1=O. The number of cyclic esters (lactones) is 1. The Balaban J connectivity index is 2.13. The van der Waals surface area contributed by atoms with E-state index in [1.165, 1.54) is 0 Å². The summed E-state index contributed by atoms with van der Waals surface area (Å²) in [5.41, 5.74) is 2.79. The Morgan fingerprint density at radius 2 is 2.24 bits per heavy atom. The first-order chi connectivity index (χ1) is 9.95. The molecule has 0 N–H and O–H groups in total. The van der Waals surface area contributed by atoms with Crippen LogP contribution in [0.25, 0.3) is 0 Å². The van der Waals surface area contributed by atoms with Crippen LogP contribution in [0.3, 0.4) is 0 Å². The molecule has 2 rings (SSSR count). The van der Waals surface area contributed by atoms with Gasteiger partial charge in [-0.25, -0.2) is 9.48 Å². The zero-order valence-corrected chi connectivity index (χ0v) is 12.6. The second-order valence-corrected chi connectivity index (χ2v) is 5.38. The largest absolute Gasteiger partial charge is 0.442 e. The number of rotatable bonds is 5. The third kappa shape index (κ3) is 4.05. The average Bonchev–Trinajstić information content (AvgIpc) is 2.97. The molecule has 1 saturated heterocycles. The lowest BCUT2D eigenvalue weighted by Crippen LogP contribution is -2.25. The van der Waals surface area contributed by atoms with Crippen LogP contribution in [0.5, 0.6) is 0 Å². The summed E-state index contributed by atoms with van der Waals surface area (Å²) in [6.07, 6.45) is 6.60. The molecule has 21 heavy (non-hydrogen) atoms. The van der Waals surface area contributed by atoms with E-state index >= 15 is 0 Å². The maximum atomic E-state index is 12.1. The third-order valence-electron chi connectivity index (χ3n) is 2.88. The summed E-state index contributed by atoms with van der Waals surface area (Å²) in [7, 11) is 0. The van der Waals surface area contributed by atoms with Gasteiger partial charge in [-0.2, -0.15) is 0 Å². The highest BCUT2D eigenvalue weighted by Crippen LogP contribution is 2.21. The zero-order chi connectivity index (χ0) is 15.4. The minimum absolute atomic E-state index is 0.238. The molecule has 0 radical (unpaired) electrons. The molecule has 0 aromatic carbocycles. The molecule has 1 amide bonds. The predicted octanol–water partition coefficient (Wildman–Crippen LogP) is 2.53. The Morgan fingerprint density at radius 1 is 1.48 bits per heavy atom. The van der Waals surface area contributed by atoms with E-state index in [0.717, 1.165) is 16.8 Å².